The Bertz CT molecular complexity index is 742. The van der Waals surface area contributed by atoms with Crippen LogP contribution in [0.4, 0.5) is 0 Å². The molecule has 0 atom stereocenters. The maximum atomic E-state index is 11.7. The number of benzene rings is 1. The van der Waals surface area contributed by atoms with Crippen molar-refractivity contribution in [3.05, 3.63) is 41.6 Å². The molecule has 3 aromatic rings. The topological polar surface area (TPSA) is 55.0 Å². The number of aryl methyl sites for hydroxylation is 1. The third-order valence-corrected chi connectivity index (χ3v) is 5.12. The minimum atomic E-state index is -0.315. The third-order valence-electron chi connectivity index (χ3n) is 2.94. The van der Waals surface area contributed by atoms with Gasteiger partial charge in [-0.3, -0.25) is 0 Å². The summed E-state index contributed by atoms with van der Waals surface area (Å²) in [6, 6.07) is 10.1. The average Bonchev–Trinajstić information content (AvgIpc) is 2.97. The summed E-state index contributed by atoms with van der Waals surface area (Å²) in [6.07, 6.45) is 0. The fourth-order valence-corrected chi connectivity index (χ4v) is 4.03. The van der Waals surface area contributed by atoms with Crippen LogP contribution in [0.15, 0.2) is 30.3 Å². The number of esters is 1. The molecule has 1 N–H and O–H groups in total. The van der Waals surface area contributed by atoms with Gasteiger partial charge in [-0.1, -0.05) is 0 Å². The zero-order valence-electron chi connectivity index (χ0n) is 11.3. The number of hydrogen-bond acceptors (Lipinski definition) is 3. The Morgan fingerprint density at radius 2 is 2.25 bits per heavy atom. The number of aromatic amines is 1. The van der Waals surface area contributed by atoms with Crippen LogP contribution < -0.4 is 0 Å². The molecule has 3 rings (SSSR count). The maximum absolute atomic E-state index is 11.7. The number of hydrogen-bond donors (Lipinski definition) is 1. The number of H-pyrrole nitrogens is 1. The molecule has 5 heteroatoms. The van der Waals surface area contributed by atoms with E-state index in [0.29, 0.717) is 12.3 Å². The number of carbonyl (C=O) groups is 1. The molecule has 0 bridgehead atoms. The van der Waals surface area contributed by atoms with Gasteiger partial charge in [-0.15, -0.1) is 0 Å². The molecule has 0 spiro atoms. The monoisotopic (exact) mass is 334 g/mol. The first kappa shape index (κ1) is 13.2. The molecule has 0 unspecified atom stereocenters. The Labute approximate surface area is 122 Å². The van der Waals surface area contributed by atoms with E-state index in [4.69, 9.17) is 4.74 Å². The summed E-state index contributed by atoms with van der Waals surface area (Å²) in [7, 11) is 0. The molecule has 102 valence electrons. The van der Waals surface area contributed by atoms with Gasteiger partial charge < -0.3 is 0 Å². The fourth-order valence-electron chi connectivity index (χ4n) is 2.03. The van der Waals surface area contributed by atoms with E-state index in [1.54, 1.807) is 13.0 Å². The van der Waals surface area contributed by atoms with E-state index in [2.05, 4.69) is 35.1 Å². The average molecular weight is 333 g/mol. The molecule has 0 fully saturated rings. The summed E-state index contributed by atoms with van der Waals surface area (Å²) in [5.41, 5.74) is 3.74. The summed E-state index contributed by atoms with van der Waals surface area (Å²) < 4.78 is 7.11. The summed E-state index contributed by atoms with van der Waals surface area (Å²) in [6.45, 7) is 4.25. The summed E-state index contributed by atoms with van der Waals surface area (Å²) >= 11 is 0.105. The molecule has 0 aliphatic rings. The van der Waals surface area contributed by atoms with Crippen molar-refractivity contribution < 1.29 is 9.53 Å². The second-order valence-corrected chi connectivity index (χ2v) is 6.60. The number of fused-ring (bicyclic) bond motifs is 1. The van der Waals surface area contributed by atoms with Crippen LogP contribution >= 0.6 is 0 Å². The molecule has 0 aliphatic carbocycles. The SMILES string of the molecule is CCOC(=O)c1cc2nc(-c3cccc(C)c3)[se]c2[nH]1. The Hall–Kier alpha value is -1.84. The van der Waals surface area contributed by atoms with Gasteiger partial charge in [-0.05, 0) is 0 Å². The van der Waals surface area contributed by atoms with E-state index in [0.717, 1.165) is 20.0 Å². The van der Waals surface area contributed by atoms with Gasteiger partial charge in [0.1, 0.15) is 0 Å². The first-order chi connectivity index (χ1) is 9.67. The van der Waals surface area contributed by atoms with E-state index in [9.17, 15) is 4.79 Å². The van der Waals surface area contributed by atoms with Gasteiger partial charge in [0, 0.05) is 0 Å². The standard InChI is InChI=1S/C15H14N2O2Se/c1-3-19-15(18)12-8-11-14(17-12)20-13(16-11)10-6-4-5-9(2)7-10/h4-8,17H,3H2,1-2H3. The van der Waals surface area contributed by atoms with E-state index >= 15 is 0 Å². The molecule has 2 heterocycles. The predicted molar refractivity (Wildman–Crippen MR) is 79.2 cm³/mol. The normalized spacial score (nSPS) is 10.9. The number of ether oxygens (including phenoxy) is 1. The van der Waals surface area contributed by atoms with Gasteiger partial charge in [0.05, 0.1) is 0 Å². The fraction of sp³-hybridized carbons (Fsp3) is 0.200. The first-order valence-electron chi connectivity index (χ1n) is 6.41. The van der Waals surface area contributed by atoms with Crippen LogP contribution in [0.3, 0.4) is 0 Å². The van der Waals surface area contributed by atoms with Gasteiger partial charge in [0.2, 0.25) is 0 Å². The van der Waals surface area contributed by atoms with Crippen molar-refractivity contribution in [2.75, 3.05) is 6.61 Å². The van der Waals surface area contributed by atoms with E-state index in [1.807, 2.05) is 6.07 Å². The molecule has 0 radical (unpaired) electrons. The van der Waals surface area contributed by atoms with Gasteiger partial charge in [-0.2, -0.15) is 0 Å². The number of nitrogens with zero attached hydrogens (tertiary/aromatic N) is 1. The Kier molecular flexibility index (Phi) is 3.47. The van der Waals surface area contributed by atoms with Gasteiger partial charge in [0.15, 0.2) is 0 Å². The second kappa shape index (κ2) is 5.27. The van der Waals surface area contributed by atoms with Crippen LogP contribution in [-0.4, -0.2) is 37.0 Å². The first-order valence-corrected chi connectivity index (χ1v) is 8.12. The molecule has 2 aromatic heterocycles. The number of nitrogens with one attached hydrogen (secondary N) is 1. The molecule has 20 heavy (non-hydrogen) atoms. The number of rotatable bonds is 3. The minimum absolute atomic E-state index is 0.105. The summed E-state index contributed by atoms with van der Waals surface area (Å²) in [5.74, 6) is -0.315. The number of carbonyl (C=O) groups excluding carboxylic acids is 1. The van der Waals surface area contributed by atoms with Crippen LogP contribution in [0.1, 0.15) is 23.0 Å². The van der Waals surface area contributed by atoms with Crippen molar-refractivity contribution in [1.82, 2.24) is 9.97 Å². The van der Waals surface area contributed by atoms with E-state index in [-0.39, 0.29) is 20.5 Å². The van der Waals surface area contributed by atoms with Crippen LogP contribution in [0.25, 0.3) is 20.0 Å². The van der Waals surface area contributed by atoms with Crippen LogP contribution in [0.2, 0.25) is 0 Å². The van der Waals surface area contributed by atoms with Gasteiger partial charge in [0.25, 0.3) is 0 Å². The molecule has 0 saturated carbocycles. The molecular weight excluding hydrogens is 319 g/mol. The Morgan fingerprint density at radius 3 is 2.95 bits per heavy atom. The van der Waals surface area contributed by atoms with Crippen molar-refractivity contribution in [3.63, 3.8) is 0 Å². The molecule has 0 saturated heterocycles. The van der Waals surface area contributed by atoms with Crippen molar-refractivity contribution in [2.24, 2.45) is 0 Å². The predicted octanol–water partition coefficient (Wildman–Crippen LogP) is 2.77. The molecule has 0 amide bonds. The molecule has 1 aromatic carbocycles. The Morgan fingerprint density at radius 1 is 1.40 bits per heavy atom. The zero-order valence-corrected chi connectivity index (χ0v) is 13.0. The summed E-state index contributed by atoms with van der Waals surface area (Å²) in [4.78, 5) is 19.4. The van der Waals surface area contributed by atoms with E-state index in [1.165, 1.54) is 5.56 Å². The van der Waals surface area contributed by atoms with Crippen molar-refractivity contribution in [1.29, 1.82) is 0 Å². The molecular formula is C15H14N2O2Se. The summed E-state index contributed by atoms with van der Waals surface area (Å²) in [5, 5.41) is 0. The van der Waals surface area contributed by atoms with Crippen molar-refractivity contribution in [3.8, 4) is 10.1 Å². The Balaban J connectivity index is 1.97. The van der Waals surface area contributed by atoms with Crippen LogP contribution in [0.5, 0.6) is 0 Å². The molecule has 0 aliphatic heterocycles. The third kappa shape index (κ3) is 2.42. The molecule has 4 nitrogen and oxygen atoms in total. The van der Waals surface area contributed by atoms with Crippen molar-refractivity contribution >= 4 is 30.4 Å². The van der Waals surface area contributed by atoms with E-state index < -0.39 is 0 Å². The van der Waals surface area contributed by atoms with Crippen molar-refractivity contribution in [2.45, 2.75) is 13.8 Å². The zero-order chi connectivity index (χ0) is 14.1. The van der Waals surface area contributed by atoms with Gasteiger partial charge >= 0.3 is 122 Å². The van der Waals surface area contributed by atoms with Crippen LogP contribution in [-0.2, 0) is 4.74 Å². The second-order valence-electron chi connectivity index (χ2n) is 4.51. The number of aromatic nitrogens is 2. The van der Waals surface area contributed by atoms with Crippen LogP contribution in [0, 0.1) is 6.92 Å². The van der Waals surface area contributed by atoms with Gasteiger partial charge in [-0.25, -0.2) is 0 Å². The quantitative estimate of drug-likeness (QED) is 0.592.